The molecular formula is C12H23N3O3. The van der Waals surface area contributed by atoms with Crippen molar-refractivity contribution in [2.45, 2.75) is 25.9 Å². The van der Waals surface area contributed by atoms with Gasteiger partial charge in [0.15, 0.2) is 0 Å². The number of carbonyl (C=O) groups is 2. The van der Waals surface area contributed by atoms with Gasteiger partial charge in [0.1, 0.15) is 0 Å². The topological polar surface area (TPSA) is 72.9 Å². The third-order valence-electron chi connectivity index (χ3n) is 3.09. The molecule has 0 saturated carbocycles. The molecule has 0 aromatic heterocycles. The minimum Gasteiger partial charge on any atom is -0.392 e. The second-order valence-corrected chi connectivity index (χ2v) is 5.03. The molecule has 1 saturated heterocycles. The van der Waals surface area contributed by atoms with Crippen LogP contribution in [0.5, 0.6) is 0 Å². The fourth-order valence-electron chi connectivity index (χ4n) is 2.01. The molecule has 0 aliphatic carbocycles. The zero-order valence-corrected chi connectivity index (χ0v) is 11.3. The second kappa shape index (κ2) is 6.58. The van der Waals surface area contributed by atoms with Crippen LogP contribution in [-0.4, -0.2) is 66.7 Å². The van der Waals surface area contributed by atoms with Gasteiger partial charge < -0.3 is 20.2 Å². The van der Waals surface area contributed by atoms with Gasteiger partial charge in [0.2, 0.25) is 5.91 Å². The van der Waals surface area contributed by atoms with E-state index in [-0.39, 0.29) is 24.4 Å². The average Bonchev–Trinajstić information content (AvgIpc) is 2.35. The Kier molecular flexibility index (Phi) is 5.40. The zero-order chi connectivity index (χ0) is 13.7. The minimum absolute atomic E-state index is 0.00200. The summed E-state index contributed by atoms with van der Waals surface area (Å²) < 4.78 is 0. The van der Waals surface area contributed by atoms with Crippen LogP contribution in [-0.2, 0) is 4.79 Å². The summed E-state index contributed by atoms with van der Waals surface area (Å²) in [5, 5.41) is 11.8. The van der Waals surface area contributed by atoms with E-state index in [4.69, 9.17) is 5.11 Å². The van der Waals surface area contributed by atoms with Crippen LogP contribution in [0.3, 0.4) is 0 Å². The van der Waals surface area contributed by atoms with Gasteiger partial charge >= 0.3 is 6.03 Å². The van der Waals surface area contributed by atoms with Crippen molar-refractivity contribution in [2.24, 2.45) is 5.92 Å². The number of urea groups is 1. The third-order valence-corrected chi connectivity index (χ3v) is 3.09. The van der Waals surface area contributed by atoms with Gasteiger partial charge in [0, 0.05) is 39.6 Å². The maximum Gasteiger partial charge on any atom is 0.319 e. The van der Waals surface area contributed by atoms with E-state index < -0.39 is 6.10 Å². The maximum absolute atomic E-state index is 11.8. The number of aliphatic hydroxyl groups excluding tert-OH is 1. The van der Waals surface area contributed by atoms with Gasteiger partial charge in [-0.2, -0.15) is 0 Å². The first-order valence-electron chi connectivity index (χ1n) is 6.33. The quantitative estimate of drug-likeness (QED) is 0.740. The summed E-state index contributed by atoms with van der Waals surface area (Å²) in [6.07, 6.45) is 0.848. The van der Waals surface area contributed by atoms with Gasteiger partial charge in [-0.05, 0) is 19.8 Å². The molecule has 1 atom stereocenters. The van der Waals surface area contributed by atoms with Crippen LogP contribution >= 0.6 is 0 Å². The predicted molar refractivity (Wildman–Crippen MR) is 68.1 cm³/mol. The molecule has 6 heteroatoms. The highest BCUT2D eigenvalue weighted by atomic mass is 16.3. The third kappa shape index (κ3) is 4.18. The molecular weight excluding hydrogens is 234 g/mol. The number of carbonyl (C=O) groups excluding carboxylic acids is 2. The van der Waals surface area contributed by atoms with E-state index >= 15 is 0 Å². The highest BCUT2D eigenvalue weighted by molar-refractivity contribution is 5.79. The van der Waals surface area contributed by atoms with Gasteiger partial charge in [0.05, 0.1) is 6.10 Å². The van der Waals surface area contributed by atoms with Crippen LogP contribution < -0.4 is 5.32 Å². The summed E-state index contributed by atoms with van der Waals surface area (Å²) in [4.78, 5) is 26.8. The first kappa shape index (κ1) is 14.8. The molecule has 0 aromatic rings. The molecule has 18 heavy (non-hydrogen) atoms. The van der Waals surface area contributed by atoms with Crippen molar-refractivity contribution in [3.05, 3.63) is 0 Å². The van der Waals surface area contributed by atoms with Crippen LogP contribution in [0.4, 0.5) is 4.79 Å². The molecule has 0 spiro atoms. The van der Waals surface area contributed by atoms with Crippen molar-refractivity contribution in [3.8, 4) is 0 Å². The largest absolute Gasteiger partial charge is 0.392 e. The Labute approximate surface area is 108 Å². The van der Waals surface area contributed by atoms with Gasteiger partial charge in [-0.3, -0.25) is 4.79 Å². The maximum atomic E-state index is 11.8. The first-order chi connectivity index (χ1) is 8.41. The number of aliphatic hydroxyl groups is 1. The summed E-state index contributed by atoms with van der Waals surface area (Å²) in [5.41, 5.74) is 0. The Morgan fingerprint density at radius 1 is 1.39 bits per heavy atom. The minimum atomic E-state index is -0.524. The normalized spacial score (nSPS) is 18.3. The highest BCUT2D eigenvalue weighted by Crippen LogP contribution is 2.18. The smallest absolute Gasteiger partial charge is 0.319 e. The second-order valence-electron chi connectivity index (χ2n) is 5.03. The van der Waals surface area contributed by atoms with Crippen LogP contribution in [0, 0.1) is 5.92 Å². The van der Waals surface area contributed by atoms with E-state index in [2.05, 4.69) is 5.32 Å². The SMILES string of the molecule is C[C@H](O)CNC(=O)C1CCN(C(=O)N(C)C)CC1. The van der Waals surface area contributed by atoms with E-state index in [1.54, 1.807) is 30.8 Å². The molecule has 3 amide bonds. The van der Waals surface area contributed by atoms with E-state index in [9.17, 15) is 9.59 Å². The summed E-state index contributed by atoms with van der Waals surface area (Å²) >= 11 is 0. The molecule has 2 N–H and O–H groups in total. The molecule has 0 bridgehead atoms. The van der Waals surface area contributed by atoms with Crippen molar-refractivity contribution < 1.29 is 14.7 Å². The molecule has 1 fully saturated rings. The Hall–Kier alpha value is -1.30. The zero-order valence-electron chi connectivity index (χ0n) is 11.3. The molecule has 1 heterocycles. The number of nitrogens with one attached hydrogen (secondary N) is 1. The van der Waals surface area contributed by atoms with E-state index in [1.165, 1.54) is 0 Å². The average molecular weight is 257 g/mol. The predicted octanol–water partition coefficient (Wildman–Crippen LogP) is -0.123. The summed E-state index contributed by atoms with van der Waals surface area (Å²) in [6, 6.07) is -0.00200. The lowest BCUT2D eigenvalue weighted by molar-refractivity contribution is -0.126. The fraction of sp³-hybridized carbons (Fsp3) is 0.833. The Bertz CT molecular complexity index is 297. The fourth-order valence-corrected chi connectivity index (χ4v) is 2.01. The number of amides is 3. The number of likely N-dealkylation sites (tertiary alicyclic amines) is 1. The molecule has 0 radical (unpaired) electrons. The van der Waals surface area contributed by atoms with Crippen molar-refractivity contribution in [2.75, 3.05) is 33.7 Å². The van der Waals surface area contributed by atoms with E-state index in [0.717, 1.165) is 0 Å². The molecule has 0 aromatic carbocycles. The van der Waals surface area contributed by atoms with Crippen LogP contribution in [0.2, 0.25) is 0 Å². The lowest BCUT2D eigenvalue weighted by Gasteiger charge is -2.33. The number of nitrogens with zero attached hydrogens (tertiary/aromatic N) is 2. The standard InChI is InChI=1S/C12H23N3O3/c1-9(16)8-13-11(17)10-4-6-15(7-5-10)12(18)14(2)3/h9-10,16H,4-8H2,1-3H3,(H,13,17)/t9-/m0/s1. The number of hydrogen-bond donors (Lipinski definition) is 2. The highest BCUT2D eigenvalue weighted by Gasteiger charge is 2.27. The lowest BCUT2D eigenvalue weighted by atomic mass is 9.96. The van der Waals surface area contributed by atoms with Crippen molar-refractivity contribution in [3.63, 3.8) is 0 Å². The van der Waals surface area contributed by atoms with Gasteiger partial charge in [0.25, 0.3) is 0 Å². The monoisotopic (exact) mass is 257 g/mol. The number of hydrogen-bond acceptors (Lipinski definition) is 3. The van der Waals surface area contributed by atoms with Crippen LogP contribution in [0.25, 0.3) is 0 Å². The molecule has 1 aliphatic heterocycles. The van der Waals surface area contributed by atoms with Gasteiger partial charge in [-0.25, -0.2) is 4.79 Å². The summed E-state index contributed by atoms with van der Waals surface area (Å²) in [6.45, 7) is 3.15. The van der Waals surface area contributed by atoms with Crippen molar-refractivity contribution in [1.82, 2.24) is 15.1 Å². The summed E-state index contributed by atoms with van der Waals surface area (Å²) in [5.74, 6) is -0.0668. The Balaban J connectivity index is 2.35. The first-order valence-corrected chi connectivity index (χ1v) is 6.33. The molecule has 0 unspecified atom stereocenters. The van der Waals surface area contributed by atoms with Crippen LogP contribution in [0.1, 0.15) is 19.8 Å². The van der Waals surface area contributed by atoms with Crippen LogP contribution in [0.15, 0.2) is 0 Å². The number of piperidine rings is 1. The van der Waals surface area contributed by atoms with Gasteiger partial charge in [-0.15, -0.1) is 0 Å². The summed E-state index contributed by atoms with van der Waals surface area (Å²) in [7, 11) is 3.45. The van der Waals surface area contributed by atoms with E-state index in [0.29, 0.717) is 25.9 Å². The van der Waals surface area contributed by atoms with Gasteiger partial charge in [-0.1, -0.05) is 0 Å². The lowest BCUT2D eigenvalue weighted by Crippen LogP contribution is -2.47. The van der Waals surface area contributed by atoms with Crippen molar-refractivity contribution >= 4 is 11.9 Å². The molecule has 6 nitrogen and oxygen atoms in total. The molecule has 1 aliphatic rings. The van der Waals surface area contributed by atoms with E-state index in [1.807, 2.05) is 0 Å². The molecule has 1 rings (SSSR count). The van der Waals surface area contributed by atoms with Crippen molar-refractivity contribution in [1.29, 1.82) is 0 Å². The Morgan fingerprint density at radius 2 is 1.94 bits per heavy atom. The Morgan fingerprint density at radius 3 is 2.39 bits per heavy atom. The number of rotatable bonds is 3. The molecule has 104 valence electrons.